The number of rotatable bonds is 6. The Morgan fingerprint density at radius 3 is 2.80 bits per heavy atom. The van der Waals surface area contributed by atoms with E-state index in [0.717, 1.165) is 22.0 Å². The number of carbonyl (C=O) groups is 1. The number of amides is 1. The summed E-state index contributed by atoms with van der Waals surface area (Å²) in [5.74, 6) is 1.23. The zero-order valence-corrected chi connectivity index (χ0v) is 14.2. The smallest absolute Gasteiger partial charge is 0.244 e. The maximum atomic E-state index is 12.1. The number of nitrogens with one attached hydrogen (secondary N) is 2. The van der Waals surface area contributed by atoms with Crippen LogP contribution in [0, 0.1) is 0 Å². The van der Waals surface area contributed by atoms with Crippen LogP contribution >= 0.6 is 0 Å². The van der Waals surface area contributed by atoms with Crippen molar-refractivity contribution in [3.8, 4) is 11.5 Å². The van der Waals surface area contributed by atoms with E-state index in [1.54, 1.807) is 26.4 Å². The molecule has 3 rings (SSSR count). The van der Waals surface area contributed by atoms with Crippen molar-refractivity contribution in [1.29, 1.82) is 0 Å². The Bertz CT molecular complexity index is 912. The van der Waals surface area contributed by atoms with Crippen molar-refractivity contribution >= 4 is 22.9 Å². The normalized spacial score (nSPS) is 11.0. The number of aromatic nitrogens is 1. The summed E-state index contributed by atoms with van der Waals surface area (Å²) in [6.07, 6.45) is 5.23. The van der Waals surface area contributed by atoms with E-state index in [2.05, 4.69) is 10.3 Å². The zero-order chi connectivity index (χ0) is 17.6. The highest BCUT2D eigenvalue weighted by atomic mass is 16.5. The van der Waals surface area contributed by atoms with Gasteiger partial charge in [-0.1, -0.05) is 18.2 Å². The number of hydrogen-bond donors (Lipinski definition) is 2. The van der Waals surface area contributed by atoms with E-state index < -0.39 is 0 Å². The second-order valence-electron chi connectivity index (χ2n) is 5.52. The van der Waals surface area contributed by atoms with Crippen LogP contribution in [0.25, 0.3) is 17.0 Å². The van der Waals surface area contributed by atoms with Crippen molar-refractivity contribution in [3.63, 3.8) is 0 Å². The lowest BCUT2D eigenvalue weighted by Crippen LogP contribution is -2.20. The molecule has 0 saturated carbocycles. The standard InChI is InChI=1S/C20H20N2O3/c1-24-16-9-7-15(19(11-16)25-2)13-22-20(23)10-8-14-12-21-18-6-4-3-5-17(14)18/h3-12,21H,13H2,1-2H3,(H,22,23)/b10-8+. The molecular weight excluding hydrogens is 316 g/mol. The van der Waals surface area contributed by atoms with Gasteiger partial charge in [0, 0.05) is 41.4 Å². The van der Waals surface area contributed by atoms with Gasteiger partial charge in [-0.05, 0) is 29.8 Å². The van der Waals surface area contributed by atoms with Crippen molar-refractivity contribution in [2.75, 3.05) is 14.2 Å². The molecule has 1 aromatic heterocycles. The third kappa shape index (κ3) is 3.83. The Labute approximate surface area is 146 Å². The Balaban J connectivity index is 1.65. The van der Waals surface area contributed by atoms with Crippen LogP contribution in [0.15, 0.2) is 54.7 Å². The number of ether oxygens (including phenoxy) is 2. The highest BCUT2D eigenvalue weighted by Crippen LogP contribution is 2.24. The first-order valence-electron chi connectivity index (χ1n) is 7.94. The first kappa shape index (κ1) is 16.6. The monoisotopic (exact) mass is 336 g/mol. The van der Waals surface area contributed by atoms with Crippen LogP contribution in [0.2, 0.25) is 0 Å². The van der Waals surface area contributed by atoms with Gasteiger partial charge in [-0.15, -0.1) is 0 Å². The highest BCUT2D eigenvalue weighted by molar-refractivity contribution is 5.96. The van der Waals surface area contributed by atoms with Crippen LogP contribution in [0.4, 0.5) is 0 Å². The van der Waals surface area contributed by atoms with Crippen molar-refractivity contribution in [3.05, 3.63) is 65.9 Å². The van der Waals surface area contributed by atoms with E-state index in [4.69, 9.17) is 9.47 Å². The molecule has 0 atom stereocenters. The molecule has 0 fully saturated rings. The molecule has 5 heteroatoms. The third-order valence-electron chi connectivity index (χ3n) is 3.98. The maximum absolute atomic E-state index is 12.1. The Morgan fingerprint density at radius 2 is 2.00 bits per heavy atom. The summed E-state index contributed by atoms with van der Waals surface area (Å²) < 4.78 is 10.5. The SMILES string of the molecule is COc1ccc(CNC(=O)/C=C/c2c[nH]c3ccccc23)c(OC)c1. The molecule has 3 aromatic rings. The van der Waals surface area contributed by atoms with Crippen molar-refractivity contribution < 1.29 is 14.3 Å². The molecule has 0 aliphatic heterocycles. The minimum Gasteiger partial charge on any atom is -0.497 e. The summed E-state index contributed by atoms with van der Waals surface area (Å²) in [4.78, 5) is 15.3. The number of methoxy groups -OCH3 is 2. The van der Waals surface area contributed by atoms with E-state index in [0.29, 0.717) is 18.0 Å². The summed E-state index contributed by atoms with van der Waals surface area (Å²) in [6.45, 7) is 0.379. The van der Waals surface area contributed by atoms with Crippen LogP contribution in [-0.2, 0) is 11.3 Å². The zero-order valence-electron chi connectivity index (χ0n) is 14.2. The van der Waals surface area contributed by atoms with Gasteiger partial charge < -0.3 is 19.8 Å². The number of hydrogen-bond acceptors (Lipinski definition) is 3. The van der Waals surface area contributed by atoms with Gasteiger partial charge in [0.15, 0.2) is 0 Å². The molecule has 0 radical (unpaired) electrons. The minimum absolute atomic E-state index is 0.164. The topological polar surface area (TPSA) is 63.3 Å². The fourth-order valence-corrected chi connectivity index (χ4v) is 2.64. The van der Waals surface area contributed by atoms with E-state index in [1.807, 2.05) is 42.6 Å². The van der Waals surface area contributed by atoms with Crippen LogP contribution in [0.3, 0.4) is 0 Å². The number of aromatic amines is 1. The summed E-state index contributed by atoms with van der Waals surface area (Å²) in [6, 6.07) is 13.5. The van der Waals surface area contributed by atoms with Gasteiger partial charge >= 0.3 is 0 Å². The summed E-state index contributed by atoms with van der Waals surface area (Å²) >= 11 is 0. The minimum atomic E-state index is -0.164. The number of para-hydroxylation sites is 1. The molecule has 0 aliphatic rings. The quantitative estimate of drug-likeness (QED) is 0.677. The third-order valence-corrected chi connectivity index (χ3v) is 3.98. The Morgan fingerprint density at radius 1 is 1.16 bits per heavy atom. The molecule has 0 aliphatic carbocycles. The predicted octanol–water partition coefficient (Wildman–Crippen LogP) is 3.51. The number of fused-ring (bicyclic) bond motifs is 1. The maximum Gasteiger partial charge on any atom is 0.244 e. The predicted molar refractivity (Wildman–Crippen MR) is 98.7 cm³/mol. The Kier molecular flexibility index (Phi) is 5.04. The summed E-state index contributed by atoms with van der Waals surface area (Å²) in [7, 11) is 3.20. The van der Waals surface area contributed by atoms with Crippen LogP contribution in [0.1, 0.15) is 11.1 Å². The van der Waals surface area contributed by atoms with Crippen molar-refractivity contribution in [2.24, 2.45) is 0 Å². The molecule has 1 amide bonds. The van der Waals surface area contributed by atoms with Crippen molar-refractivity contribution in [2.45, 2.75) is 6.54 Å². The first-order valence-corrected chi connectivity index (χ1v) is 7.94. The molecule has 1 heterocycles. The molecule has 5 nitrogen and oxygen atoms in total. The van der Waals surface area contributed by atoms with Crippen molar-refractivity contribution in [1.82, 2.24) is 10.3 Å². The number of carbonyl (C=O) groups excluding carboxylic acids is 1. The van der Waals surface area contributed by atoms with Crippen LogP contribution in [0.5, 0.6) is 11.5 Å². The van der Waals surface area contributed by atoms with Gasteiger partial charge in [0.1, 0.15) is 11.5 Å². The lowest BCUT2D eigenvalue weighted by molar-refractivity contribution is -0.116. The van der Waals surface area contributed by atoms with Gasteiger partial charge in [-0.25, -0.2) is 0 Å². The molecular formula is C20H20N2O3. The molecule has 0 saturated heterocycles. The molecule has 25 heavy (non-hydrogen) atoms. The molecule has 2 aromatic carbocycles. The molecule has 0 unspecified atom stereocenters. The number of H-pyrrole nitrogens is 1. The first-order chi connectivity index (χ1) is 12.2. The fraction of sp³-hybridized carbons (Fsp3) is 0.150. The van der Waals surface area contributed by atoms with Gasteiger partial charge in [0.25, 0.3) is 0 Å². The summed E-state index contributed by atoms with van der Waals surface area (Å²) in [5, 5.41) is 3.95. The van der Waals surface area contributed by atoms with E-state index >= 15 is 0 Å². The second-order valence-corrected chi connectivity index (χ2v) is 5.52. The number of benzene rings is 2. The van der Waals surface area contributed by atoms with E-state index in [9.17, 15) is 4.79 Å². The lowest BCUT2D eigenvalue weighted by atomic mass is 10.1. The average Bonchev–Trinajstić information content (AvgIpc) is 3.07. The Hall–Kier alpha value is -3.21. The van der Waals surface area contributed by atoms with Crippen LogP contribution < -0.4 is 14.8 Å². The van der Waals surface area contributed by atoms with E-state index in [1.165, 1.54) is 6.08 Å². The van der Waals surface area contributed by atoms with E-state index in [-0.39, 0.29) is 5.91 Å². The fourth-order valence-electron chi connectivity index (χ4n) is 2.64. The second kappa shape index (κ2) is 7.57. The lowest BCUT2D eigenvalue weighted by Gasteiger charge is -2.10. The average molecular weight is 336 g/mol. The molecule has 2 N–H and O–H groups in total. The summed E-state index contributed by atoms with van der Waals surface area (Å²) in [5.41, 5.74) is 2.91. The largest absolute Gasteiger partial charge is 0.497 e. The van der Waals surface area contributed by atoms with Gasteiger partial charge in [-0.2, -0.15) is 0 Å². The van der Waals surface area contributed by atoms with Gasteiger partial charge in [0.2, 0.25) is 5.91 Å². The van der Waals surface area contributed by atoms with Gasteiger partial charge in [-0.3, -0.25) is 4.79 Å². The van der Waals surface area contributed by atoms with Crippen LogP contribution in [-0.4, -0.2) is 25.1 Å². The van der Waals surface area contributed by atoms with Gasteiger partial charge in [0.05, 0.1) is 14.2 Å². The highest BCUT2D eigenvalue weighted by Gasteiger charge is 2.06. The molecule has 0 spiro atoms. The molecule has 128 valence electrons. The molecule has 0 bridgehead atoms.